The lowest BCUT2D eigenvalue weighted by Crippen LogP contribution is -2.43. The van der Waals surface area contributed by atoms with E-state index in [2.05, 4.69) is 48.3 Å². The van der Waals surface area contributed by atoms with Crippen LogP contribution < -0.4 is 5.32 Å². The molecule has 4 heteroatoms. The predicted molar refractivity (Wildman–Crippen MR) is 99.8 cm³/mol. The Labute approximate surface area is 151 Å². The van der Waals surface area contributed by atoms with Crippen molar-refractivity contribution in [2.75, 3.05) is 13.1 Å². The van der Waals surface area contributed by atoms with Crippen LogP contribution in [0.25, 0.3) is 0 Å². The average Bonchev–Trinajstić information content (AvgIpc) is 3.26. The quantitative estimate of drug-likeness (QED) is 0.903. The molecule has 132 valence electrons. The Bertz CT molecular complexity index is 572. The van der Waals surface area contributed by atoms with Crippen LogP contribution in [-0.4, -0.2) is 36.0 Å². The van der Waals surface area contributed by atoms with Crippen molar-refractivity contribution in [3.8, 4) is 0 Å². The molecule has 4 rings (SSSR count). The van der Waals surface area contributed by atoms with Gasteiger partial charge in [-0.2, -0.15) is 0 Å². The number of halogens is 1. The van der Waals surface area contributed by atoms with Crippen LogP contribution in [-0.2, 0) is 4.79 Å². The molecule has 2 saturated heterocycles. The smallest absolute Gasteiger partial charge is 0.226 e. The molecule has 3 aliphatic rings. The van der Waals surface area contributed by atoms with Crippen molar-refractivity contribution in [3.05, 3.63) is 35.4 Å². The van der Waals surface area contributed by atoms with Crippen molar-refractivity contribution in [2.24, 2.45) is 5.92 Å². The van der Waals surface area contributed by atoms with Crippen molar-refractivity contribution < 1.29 is 4.79 Å². The summed E-state index contributed by atoms with van der Waals surface area (Å²) in [4.78, 5) is 15.3. The van der Waals surface area contributed by atoms with Crippen LogP contribution in [0, 0.1) is 5.92 Å². The number of carbonyl (C=O) groups is 1. The fraction of sp³-hybridized carbons (Fsp3) is 0.650. The summed E-state index contributed by atoms with van der Waals surface area (Å²) in [6.45, 7) is 6.50. The molecule has 0 radical (unpaired) electrons. The molecular formula is C20H29ClN2O. The molecule has 1 aromatic carbocycles. The second kappa shape index (κ2) is 7.05. The Morgan fingerprint density at radius 2 is 1.83 bits per heavy atom. The van der Waals surface area contributed by atoms with Crippen LogP contribution in [0.3, 0.4) is 0 Å². The van der Waals surface area contributed by atoms with Crippen molar-refractivity contribution in [3.63, 3.8) is 0 Å². The summed E-state index contributed by atoms with van der Waals surface area (Å²) in [5.74, 6) is 1.69. The van der Waals surface area contributed by atoms with E-state index in [0.717, 1.165) is 25.9 Å². The Morgan fingerprint density at radius 3 is 2.54 bits per heavy atom. The van der Waals surface area contributed by atoms with Gasteiger partial charge in [-0.15, -0.1) is 12.4 Å². The van der Waals surface area contributed by atoms with Gasteiger partial charge >= 0.3 is 0 Å². The molecule has 3 fully saturated rings. The lowest BCUT2D eigenvalue weighted by atomic mass is 10.00. The summed E-state index contributed by atoms with van der Waals surface area (Å²) in [6.07, 6.45) is 4.56. The molecule has 1 aromatic rings. The zero-order valence-corrected chi connectivity index (χ0v) is 15.5. The van der Waals surface area contributed by atoms with Gasteiger partial charge in [0.15, 0.2) is 0 Å². The lowest BCUT2D eigenvalue weighted by Gasteiger charge is -2.28. The highest BCUT2D eigenvalue weighted by molar-refractivity contribution is 5.85. The first-order chi connectivity index (χ1) is 11.1. The Kier molecular flexibility index (Phi) is 5.22. The van der Waals surface area contributed by atoms with Crippen LogP contribution in [0.1, 0.15) is 62.5 Å². The van der Waals surface area contributed by atoms with Crippen molar-refractivity contribution >= 4 is 18.3 Å². The molecule has 1 amide bonds. The molecule has 1 N–H and O–H groups in total. The molecule has 1 aliphatic carbocycles. The minimum atomic E-state index is 0. The monoisotopic (exact) mass is 348 g/mol. The first-order valence-electron chi connectivity index (χ1n) is 9.28. The van der Waals surface area contributed by atoms with Gasteiger partial charge < -0.3 is 10.2 Å². The molecule has 2 heterocycles. The number of rotatable bonds is 3. The Hall–Kier alpha value is -1.06. The summed E-state index contributed by atoms with van der Waals surface area (Å²) in [7, 11) is 0. The van der Waals surface area contributed by atoms with Crippen molar-refractivity contribution in [1.29, 1.82) is 0 Å². The van der Waals surface area contributed by atoms with Crippen LogP contribution >= 0.6 is 12.4 Å². The number of nitrogens with zero attached hydrogens (tertiary/aromatic N) is 1. The summed E-state index contributed by atoms with van der Waals surface area (Å²) < 4.78 is 0. The highest BCUT2D eigenvalue weighted by atomic mass is 35.5. The molecule has 0 spiro atoms. The van der Waals surface area contributed by atoms with E-state index in [1.165, 1.54) is 24.0 Å². The van der Waals surface area contributed by atoms with E-state index in [1.54, 1.807) is 0 Å². The fourth-order valence-electron chi connectivity index (χ4n) is 4.50. The highest BCUT2D eigenvalue weighted by Gasteiger charge is 2.49. The van der Waals surface area contributed by atoms with Crippen LogP contribution in [0.5, 0.6) is 0 Å². The maximum Gasteiger partial charge on any atom is 0.226 e. The third-order valence-corrected chi connectivity index (χ3v) is 6.05. The largest absolute Gasteiger partial charge is 0.335 e. The van der Waals surface area contributed by atoms with Crippen LogP contribution in [0.2, 0.25) is 0 Å². The lowest BCUT2D eigenvalue weighted by molar-refractivity contribution is -0.135. The number of nitrogens with one attached hydrogen (secondary N) is 1. The Morgan fingerprint density at radius 1 is 1.12 bits per heavy atom. The van der Waals surface area contributed by atoms with Gasteiger partial charge in [0.1, 0.15) is 0 Å². The van der Waals surface area contributed by atoms with E-state index in [4.69, 9.17) is 0 Å². The normalized spacial score (nSPS) is 31.5. The number of fused-ring (bicyclic) bond motifs is 2. The third-order valence-electron chi connectivity index (χ3n) is 6.05. The maximum absolute atomic E-state index is 13.0. The van der Waals surface area contributed by atoms with E-state index < -0.39 is 0 Å². The second-order valence-electron chi connectivity index (χ2n) is 7.89. The summed E-state index contributed by atoms with van der Waals surface area (Å²) in [5.41, 5.74) is 2.74. The third kappa shape index (κ3) is 3.21. The first kappa shape index (κ1) is 17.8. The fourth-order valence-corrected chi connectivity index (χ4v) is 4.50. The number of carbonyl (C=O) groups excluding carboxylic acids is 1. The van der Waals surface area contributed by atoms with E-state index in [-0.39, 0.29) is 18.3 Å². The standard InChI is InChI=1S/C20H28N2O.ClH/c1-13(2)14-3-5-15(6-4-14)18-11-19(18)20(23)22-16-7-8-17(22)12-21-10-9-16;/h3-6,13,16-19,21H,7-12H2,1-2H3;1H. The van der Waals surface area contributed by atoms with Gasteiger partial charge in [0, 0.05) is 24.5 Å². The van der Waals surface area contributed by atoms with Gasteiger partial charge in [0.05, 0.1) is 0 Å². The number of benzene rings is 1. The Balaban J connectivity index is 0.00000169. The highest BCUT2D eigenvalue weighted by Crippen LogP contribution is 2.50. The molecule has 3 nitrogen and oxygen atoms in total. The van der Waals surface area contributed by atoms with E-state index in [1.807, 2.05) is 0 Å². The molecular weight excluding hydrogens is 320 g/mol. The number of amides is 1. The minimum absolute atomic E-state index is 0. The van der Waals surface area contributed by atoms with Gasteiger partial charge in [-0.3, -0.25) is 4.79 Å². The van der Waals surface area contributed by atoms with Gasteiger partial charge in [0.25, 0.3) is 0 Å². The van der Waals surface area contributed by atoms with E-state index >= 15 is 0 Å². The van der Waals surface area contributed by atoms with Crippen LogP contribution in [0.4, 0.5) is 0 Å². The van der Waals surface area contributed by atoms with Crippen molar-refractivity contribution in [2.45, 2.75) is 63.5 Å². The molecule has 24 heavy (non-hydrogen) atoms. The van der Waals surface area contributed by atoms with E-state index in [0.29, 0.717) is 29.8 Å². The number of hydrogen-bond acceptors (Lipinski definition) is 2. The molecule has 0 aromatic heterocycles. The van der Waals surface area contributed by atoms with E-state index in [9.17, 15) is 4.79 Å². The van der Waals surface area contributed by atoms with Crippen LogP contribution in [0.15, 0.2) is 24.3 Å². The average molecular weight is 349 g/mol. The SMILES string of the molecule is CC(C)c1ccc(C2CC2C(=O)N2C3CCNCC2CC3)cc1.Cl. The number of hydrogen-bond donors (Lipinski definition) is 1. The van der Waals surface area contributed by atoms with Gasteiger partial charge in [0.2, 0.25) is 5.91 Å². The zero-order chi connectivity index (χ0) is 16.0. The predicted octanol–water partition coefficient (Wildman–Crippen LogP) is 3.69. The maximum atomic E-state index is 13.0. The summed E-state index contributed by atoms with van der Waals surface area (Å²) in [6, 6.07) is 9.89. The molecule has 2 bridgehead atoms. The first-order valence-corrected chi connectivity index (χ1v) is 9.28. The molecule has 4 atom stereocenters. The molecule has 2 aliphatic heterocycles. The topological polar surface area (TPSA) is 32.3 Å². The van der Waals surface area contributed by atoms with Gasteiger partial charge in [-0.05, 0) is 55.2 Å². The molecule has 1 saturated carbocycles. The zero-order valence-electron chi connectivity index (χ0n) is 14.7. The molecule has 4 unspecified atom stereocenters. The minimum Gasteiger partial charge on any atom is -0.335 e. The summed E-state index contributed by atoms with van der Waals surface area (Å²) in [5, 5.41) is 3.49. The second-order valence-corrected chi connectivity index (χ2v) is 7.89. The van der Waals surface area contributed by atoms with Gasteiger partial charge in [-0.1, -0.05) is 38.1 Å². The van der Waals surface area contributed by atoms with Crippen molar-refractivity contribution in [1.82, 2.24) is 10.2 Å². The summed E-state index contributed by atoms with van der Waals surface area (Å²) >= 11 is 0. The van der Waals surface area contributed by atoms with Gasteiger partial charge in [-0.25, -0.2) is 0 Å².